The van der Waals surface area contributed by atoms with Crippen LogP contribution in [-0.2, 0) is 73.5 Å². The Morgan fingerprint density at radius 3 is 0.901 bits per heavy atom. The number of carbonyl (C=O) groups is 8. The second-order valence-electron chi connectivity index (χ2n) is 32.4. The molecule has 25 heteroatoms. The minimum Gasteiger partial charge on any atom is -0.508 e. The molecule has 0 amide bonds. The molecule has 141 heavy (non-hydrogen) atoms. The monoisotopic (exact) mass is 1970 g/mol. The zero-order chi connectivity index (χ0) is 91.3. The van der Waals surface area contributed by atoms with E-state index in [0.29, 0.717) is 76.4 Å². The van der Waals surface area contributed by atoms with E-state index >= 15 is 0 Å². The van der Waals surface area contributed by atoms with Gasteiger partial charge in [-0.25, -0.2) is 4.79 Å². The van der Waals surface area contributed by atoms with Crippen LogP contribution in [0.4, 0.5) is 0 Å². The Balaban J connectivity index is -0.000000193. The second kappa shape index (κ2) is 68.7. The summed E-state index contributed by atoms with van der Waals surface area (Å²) in [5, 5.41) is 19.4. The zero-order valence-electron chi connectivity index (χ0n) is 76.1. The average molecular weight is 1970 g/mol. The number of ether oxygens (including phenoxy) is 13. The van der Waals surface area contributed by atoms with Gasteiger partial charge in [-0.1, -0.05) is 211 Å². The van der Waals surface area contributed by atoms with E-state index in [1.807, 2.05) is 133 Å². The third-order valence-electron chi connectivity index (χ3n) is 21.3. The van der Waals surface area contributed by atoms with Gasteiger partial charge in [0.1, 0.15) is 74.7 Å². The van der Waals surface area contributed by atoms with Gasteiger partial charge in [0.25, 0.3) is 0 Å². The molecule has 4 heterocycles. The van der Waals surface area contributed by atoms with Crippen molar-refractivity contribution in [3.05, 3.63) is 276 Å². The van der Waals surface area contributed by atoms with Crippen LogP contribution in [0.15, 0.2) is 226 Å². The van der Waals surface area contributed by atoms with Crippen molar-refractivity contribution in [3.63, 3.8) is 0 Å². The maximum Gasteiger partial charge on any atom is 1.00 e. The summed E-state index contributed by atoms with van der Waals surface area (Å²) in [4.78, 5) is 95.6. The van der Waals surface area contributed by atoms with Gasteiger partial charge in [-0.2, -0.15) is 0 Å². The first-order chi connectivity index (χ1) is 59.5. The highest BCUT2D eigenvalue weighted by Crippen LogP contribution is 2.44. The zero-order valence-corrected chi connectivity index (χ0v) is 75.1. The largest absolute Gasteiger partial charge is 1.00 e. The molecule has 0 saturated carbocycles. The minimum absolute atomic E-state index is 0. The fourth-order valence-corrected chi connectivity index (χ4v) is 14.1. The Hall–Kier alpha value is -13.4. The van der Waals surface area contributed by atoms with Gasteiger partial charge in [0.05, 0.1) is 69.5 Å². The Morgan fingerprint density at radius 1 is 0.390 bits per heavy atom. The molecule has 0 bridgehead atoms. The summed E-state index contributed by atoms with van der Waals surface area (Å²) >= 11 is 0. The predicted molar refractivity (Wildman–Crippen MR) is 579 cm³/mol. The van der Waals surface area contributed by atoms with Gasteiger partial charge in [-0.3, -0.25) is 33.6 Å². The first-order valence-corrected chi connectivity index (χ1v) is 41.3. The number of hydrogen-bond donors (Lipinski definition) is 3. The van der Waals surface area contributed by atoms with Crippen LogP contribution in [-0.4, -0.2) is 98.2 Å². The summed E-state index contributed by atoms with van der Waals surface area (Å²) in [5.41, 5.74) is 6.73. The fraction of sp³-hybridized carbons (Fsp3) is 0.414. The molecule has 0 aliphatic carbocycles. The second-order valence-corrected chi connectivity index (χ2v) is 32.4. The molecule has 5 unspecified atom stereocenters. The molecule has 25 nitrogen and oxygen atoms in total. The van der Waals surface area contributed by atoms with Crippen LogP contribution in [0, 0.1) is 16.2 Å². The van der Waals surface area contributed by atoms with Gasteiger partial charge >= 0.3 is 49.2 Å². The predicted octanol–water partition coefficient (Wildman–Crippen LogP) is 29.1. The van der Waals surface area contributed by atoms with Crippen molar-refractivity contribution in [1.82, 2.24) is 6.15 Å². The molecular formula is C116H176NO24+. The van der Waals surface area contributed by atoms with Crippen LogP contribution in [0.2, 0.25) is 0 Å². The molecule has 0 aromatic heterocycles. The lowest BCUT2D eigenvalue weighted by Gasteiger charge is -2.31. The Kier molecular flexibility index (Phi) is 70.8. The average Bonchev–Trinajstić information content (AvgIpc) is 1.56. The lowest BCUT2D eigenvalue weighted by molar-refractivity contribution is -0.145. The number of aromatic hydroxyl groups is 2. The summed E-state index contributed by atoms with van der Waals surface area (Å²) in [6.07, 6.45) is 9.00. The summed E-state index contributed by atoms with van der Waals surface area (Å²) in [5.74, 6) is 4.69. The Bertz CT molecular complexity index is 5240. The highest BCUT2D eigenvalue weighted by Gasteiger charge is 2.38. The number of fused-ring (bicyclic) bond motifs is 4. The molecular weight excluding hydrogens is 1790 g/mol. The minimum atomic E-state index is -0.805. The van der Waals surface area contributed by atoms with Crippen molar-refractivity contribution in [2.45, 2.75) is 281 Å². The molecule has 9 aromatic rings. The van der Waals surface area contributed by atoms with Crippen molar-refractivity contribution < 1.29 is 117 Å². The van der Waals surface area contributed by atoms with Gasteiger partial charge in [0.15, 0.2) is 6.29 Å². The van der Waals surface area contributed by atoms with E-state index in [2.05, 4.69) is 57.4 Å². The smallest absolute Gasteiger partial charge is 0.508 e. The summed E-state index contributed by atoms with van der Waals surface area (Å²) in [6.45, 7) is 31.5. The van der Waals surface area contributed by atoms with Gasteiger partial charge in [0.2, 0.25) is 0 Å². The summed E-state index contributed by atoms with van der Waals surface area (Å²) in [7, 11) is 6.47. The number of phenols is 2. The lowest BCUT2D eigenvalue weighted by atomic mass is 9.74. The van der Waals surface area contributed by atoms with Gasteiger partial charge in [-0.15, -0.1) is 0 Å². The number of benzene rings is 9. The first kappa shape index (κ1) is 145. The van der Waals surface area contributed by atoms with E-state index in [1.54, 1.807) is 139 Å². The molecule has 0 fully saturated rings. The normalized spacial score (nSPS) is 12.1. The summed E-state index contributed by atoms with van der Waals surface area (Å²) < 4.78 is 67.7. The molecule has 4 aliphatic rings. The molecule has 13 rings (SSSR count). The molecule has 4 aliphatic heterocycles. The van der Waals surface area contributed by atoms with Crippen LogP contribution in [0.5, 0.6) is 74.7 Å². The van der Waals surface area contributed by atoms with Gasteiger partial charge < -0.3 is 83.4 Å². The number of carbonyl (C=O) groups excluding carboxylic acids is 8. The number of rotatable bonds is 30. The molecule has 0 spiro atoms. The lowest BCUT2D eigenvalue weighted by Crippen LogP contribution is -2.31. The Labute approximate surface area is 848 Å². The summed E-state index contributed by atoms with van der Waals surface area (Å²) in [6, 6.07) is 58.0. The third-order valence-corrected chi connectivity index (χ3v) is 21.3. The van der Waals surface area contributed by atoms with Crippen LogP contribution < -0.4 is 58.3 Å². The highest BCUT2D eigenvalue weighted by atomic mass is 16.7. The van der Waals surface area contributed by atoms with Gasteiger partial charge in [0, 0.05) is 34.9 Å². The number of phenolic OH excluding ortho intramolecular Hbond substituents is 2. The van der Waals surface area contributed by atoms with E-state index in [1.165, 1.54) is 17.4 Å². The first-order valence-electron chi connectivity index (χ1n) is 41.3. The standard InChI is InChI=1S/C33H38O7.C23H26O5.C22H24O5.C12H10O4.C9H10O.C3H6O.14CH4.H3N.H2O/c1-6-22(23-9-13-28(14-10-23)38-21(2)37-5)17-26(24-7-11-27(34)12-8-24)20-33(3,4)32(36)39-29-15-16-30-25(18-29)19-31(35)40-30;1-5-15(16-6-8-18(26-4)9-7-16)14-23(2,3)22(25)27-19-10-11-20-17(12-19)13-21(24)28-20;1-4-14(15-5-7-17(23)8-6-15)13-22(2,3)21(25)26-18-9-10-19-16(11-18)12-20(24)27-19;1-7(2)12(14)15-9-3-4-10-8(5-9)6-11(13)16-10;1-3-8-4-6-9(10-2)7-5-8;1-3-4-2;;;;;;;;;;;;;;;;/h7-16,18,21-22,26,34H,6,17,19-20H2,1-5H3;6-12,15H,5,13-14H2,1-4H3;5-11,14,23H,4,12-13H2,1-3H3;3-5H,1,6H2,2H3;3-7H,1H2,2H3;3H,1H2,2H3;14*1H4;1H3;1H2/p+1. The maximum absolute atomic E-state index is 13.4. The Morgan fingerprint density at radius 2 is 0.638 bits per heavy atom. The molecule has 5 atom stereocenters. The fourth-order valence-electron chi connectivity index (χ4n) is 14.1. The van der Waals surface area contributed by atoms with Crippen molar-refractivity contribution in [2.75, 3.05) is 28.4 Å². The van der Waals surface area contributed by atoms with E-state index < -0.39 is 22.2 Å². The van der Waals surface area contributed by atoms with Crippen LogP contribution in [0.25, 0.3) is 6.08 Å². The van der Waals surface area contributed by atoms with E-state index in [4.69, 9.17) is 56.8 Å². The number of methoxy groups -OCH3 is 4. The highest BCUT2D eigenvalue weighted by molar-refractivity contribution is 5.89. The van der Waals surface area contributed by atoms with Crippen LogP contribution in [0.3, 0.4) is 0 Å². The molecule has 788 valence electrons. The topological polar surface area (TPSA) is 364 Å². The van der Waals surface area contributed by atoms with Crippen LogP contribution in [0.1, 0.15) is 300 Å². The number of hydrogen-bond acceptors (Lipinski definition) is 24. The molecule has 0 radical (unpaired) electrons. The van der Waals surface area contributed by atoms with E-state index in [0.717, 1.165) is 76.3 Å². The van der Waals surface area contributed by atoms with Gasteiger partial charge in [-0.05, 0) is 285 Å². The van der Waals surface area contributed by atoms with Crippen LogP contribution >= 0.6 is 0 Å². The van der Waals surface area contributed by atoms with Crippen molar-refractivity contribution in [3.8, 4) is 74.7 Å². The molecule has 7 N–H and O–H groups in total. The quantitative estimate of drug-likeness (QED) is 0.0124. The molecule has 9 aromatic carbocycles. The number of esters is 8. The third kappa shape index (κ3) is 43.5. The maximum atomic E-state index is 13.4. The van der Waals surface area contributed by atoms with E-state index in [-0.39, 0.29) is 226 Å². The van der Waals surface area contributed by atoms with Crippen molar-refractivity contribution in [2.24, 2.45) is 16.2 Å². The SMILES string of the molecule is C.C.C.C.C.C.C.C.C.C.C.C.C.C.C=C(C)C(=O)Oc1ccc2c(c1)CC(=O)O2.C=COC.C=Cc1ccc(OC)cc1.CCC(CC(C)(C)C(=O)Oc1ccc2c(c1)CC(=O)O2)c1ccc(O)cc1.CCC(CC(C)(C)C(=O)Oc1ccc2c(c1)CC(=O)O2)c1ccc(OC)cc1.CCC(CC(CC(C)(C)C(=O)Oc1ccc2c(c1)CC(=O)O2)c1ccc(O)cc1)c1ccc(OC(C)OC)cc1.N.O.[H+]. The molecule has 0 saturated heterocycles. The van der Waals surface area contributed by atoms with Crippen molar-refractivity contribution >= 4 is 53.8 Å². The van der Waals surface area contributed by atoms with Crippen molar-refractivity contribution in [1.29, 1.82) is 0 Å². The van der Waals surface area contributed by atoms with E-state index in [9.17, 15) is 48.6 Å².